The topological polar surface area (TPSA) is 53.6 Å². The van der Waals surface area contributed by atoms with Crippen LogP contribution in [-0.2, 0) is 0 Å². The summed E-state index contributed by atoms with van der Waals surface area (Å²) in [6.07, 6.45) is 4.37. The van der Waals surface area contributed by atoms with E-state index >= 15 is 0 Å². The van der Waals surface area contributed by atoms with E-state index in [9.17, 15) is 4.79 Å². The van der Waals surface area contributed by atoms with Gasteiger partial charge in [0.15, 0.2) is 0 Å². The number of halogens is 1. The lowest BCUT2D eigenvalue weighted by molar-refractivity contribution is 0.181. The van der Waals surface area contributed by atoms with Crippen molar-refractivity contribution >= 4 is 17.6 Å². The molecule has 5 nitrogen and oxygen atoms in total. The number of urea groups is 1. The molecule has 1 fully saturated rings. The van der Waals surface area contributed by atoms with Crippen molar-refractivity contribution in [2.24, 2.45) is 5.92 Å². The van der Waals surface area contributed by atoms with Crippen LogP contribution in [-0.4, -0.2) is 43.7 Å². The second kappa shape index (κ2) is 8.77. The molecule has 2 heterocycles. The first-order valence-electron chi connectivity index (χ1n) is 9.31. The minimum Gasteiger partial charge on any atom is -0.492 e. The summed E-state index contributed by atoms with van der Waals surface area (Å²) in [5, 5.41) is 6.62. The fourth-order valence-electron chi connectivity index (χ4n) is 3.74. The van der Waals surface area contributed by atoms with Crippen LogP contribution >= 0.6 is 11.6 Å². The molecule has 0 radical (unpaired) electrons. The summed E-state index contributed by atoms with van der Waals surface area (Å²) >= 11 is 6.17. The first kappa shape index (κ1) is 18.3. The van der Waals surface area contributed by atoms with Crippen LogP contribution in [0.5, 0.6) is 5.75 Å². The first-order valence-corrected chi connectivity index (χ1v) is 9.69. The number of amides is 2. The molecule has 138 valence electrons. The molecule has 0 spiro atoms. The number of ether oxygens (including phenoxy) is 1. The van der Waals surface area contributed by atoms with Gasteiger partial charge in [-0.2, -0.15) is 0 Å². The lowest BCUT2D eigenvalue weighted by atomic mass is 10.0. The van der Waals surface area contributed by atoms with Crippen LogP contribution in [0.2, 0.25) is 5.02 Å². The molecule has 1 aromatic carbocycles. The van der Waals surface area contributed by atoms with Gasteiger partial charge in [0, 0.05) is 25.1 Å². The average molecular weight is 366 g/mol. The Hall–Kier alpha value is -1.46. The largest absolute Gasteiger partial charge is 0.492 e. The lowest BCUT2D eigenvalue weighted by Gasteiger charge is -2.30. The summed E-state index contributed by atoms with van der Waals surface area (Å²) in [5.74, 6) is 1.49. The molecule has 2 N–H and O–H groups in total. The maximum atomic E-state index is 12.2. The van der Waals surface area contributed by atoms with Gasteiger partial charge in [-0.25, -0.2) is 4.79 Å². The summed E-state index contributed by atoms with van der Waals surface area (Å²) in [6, 6.07) is 5.49. The van der Waals surface area contributed by atoms with Gasteiger partial charge in [-0.05, 0) is 44.3 Å². The molecule has 0 bridgehead atoms. The SMILES string of the molecule is C[C@@H]1CCCN(CCCNC(=O)N[C@@H]2CCOc3c(Cl)cccc32)C1. The summed E-state index contributed by atoms with van der Waals surface area (Å²) in [6.45, 7) is 7.01. The molecule has 2 aliphatic heterocycles. The molecule has 25 heavy (non-hydrogen) atoms. The molecule has 0 aromatic heterocycles. The van der Waals surface area contributed by atoms with Crippen LogP contribution < -0.4 is 15.4 Å². The van der Waals surface area contributed by atoms with Crippen molar-refractivity contribution in [3.63, 3.8) is 0 Å². The number of nitrogens with one attached hydrogen (secondary N) is 2. The molecule has 2 amide bonds. The van der Waals surface area contributed by atoms with Gasteiger partial charge in [0.25, 0.3) is 0 Å². The zero-order valence-corrected chi connectivity index (χ0v) is 15.6. The Morgan fingerprint density at radius 2 is 2.28 bits per heavy atom. The second-order valence-corrected chi connectivity index (χ2v) is 7.56. The van der Waals surface area contributed by atoms with Gasteiger partial charge in [-0.1, -0.05) is 30.7 Å². The van der Waals surface area contributed by atoms with Crippen LogP contribution in [0.1, 0.15) is 44.2 Å². The van der Waals surface area contributed by atoms with Gasteiger partial charge >= 0.3 is 6.03 Å². The Morgan fingerprint density at radius 1 is 1.40 bits per heavy atom. The average Bonchev–Trinajstić information content (AvgIpc) is 2.60. The van der Waals surface area contributed by atoms with Crippen LogP contribution in [0.4, 0.5) is 4.79 Å². The van der Waals surface area contributed by atoms with Crippen LogP contribution in [0.3, 0.4) is 0 Å². The summed E-state index contributed by atoms with van der Waals surface area (Å²) in [7, 11) is 0. The summed E-state index contributed by atoms with van der Waals surface area (Å²) in [4.78, 5) is 14.7. The Balaban J connectivity index is 1.41. The zero-order valence-electron chi connectivity index (χ0n) is 14.9. The van der Waals surface area contributed by atoms with E-state index < -0.39 is 0 Å². The third kappa shape index (κ3) is 5.02. The van der Waals surface area contributed by atoms with Gasteiger partial charge in [0.05, 0.1) is 17.7 Å². The molecule has 2 atom stereocenters. The third-order valence-electron chi connectivity index (χ3n) is 5.01. The molecule has 0 saturated carbocycles. The number of fused-ring (bicyclic) bond motifs is 1. The fourth-order valence-corrected chi connectivity index (χ4v) is 3.98. The number of hydrogen-bond donors (Lipinski definition) is 2. The highest BCUT2D eigenvalue weighted by Crippen LogP contribution is 2.37. The quantitative estimate of drug-likeness (QED) is 0.784. The van der Waals surface area contributed by atoms with Crippen molar-refractivity contribution in [3.8, 4) is 5.75 Å². The highest BCUT2D eigenvalue weighted by atomic mass is 35.5. The number of likely N-dealkylation sites (tertiary alicyclic amines) is 1. The summed E-state index contributed by atoms with van der Waals surface area (Å²) in [5.41, 5.74) is 0.955. The van der Waals surface area contributed by atoms with Gasteiger partial charge in [0.2, 0.25) is 0 Å². The maximum Gasteiger partial charge on any atom is 0.315 e. The van der Waals surface area contributed by atoms with Crippen LogP contribution in [0.25, 0.3) is 0 Å². The van der Waals surface area contributed by atoms with Crippen molar-refractivity contribution in [1.29, 1.82) is 0 Å². The first-order chi connectivity index (χ1) is 12.1. The minimum absolute atomic E-state index is 0.0506. The van der Waals surface area contributed by atoms with Crippen molar-refractivity contribution in [3.05, 3.63) is 28.8 Å². The Kier molecular flexibility index (Phi) is 6.43. The number of nitrogens with zero attached hydrogens (tertiary/aromatic N) is 1. The van der Waals surface area contributed by atoms with Crippen molar-refractivity contribution in [2.75, 3.05) is 32.8 Å². The van der Waals surface area contributed by atoms with E-state index in [0.29, 0.717) is 23.9 Å². The number of para-hydroxylation sites is 1. The predicted octanol–water partition coefficient (Wildman–Crippen LogP) is 3.58. The van der Waals surface area contributed by atoms with E-state index in [1.807, 2.05) is 18.2 Å². The smallest absolute Gasteiger partial charge is 0.315 e. The Labute approximate surface area is 155 Å². The number of benzene rings is 1. The molecule has 1 aromatic rings. The van der Waals surface area contributed by atoms with Gasteiger partial charge in [0.1, 0.15) is 5.75 Å². The van der Waals surface area contributed by atoms with E-state index in [4.69, 9.17) is 16.3 Å². The van der Waals surface area contributed by atoms with Crippen molar-refractivity contribution in [2.45, 2.75) is 38.6 Å². The highest BCUT2D eigenvalue weighted by Gasteiger charge is 2.24. The van der Waals surface area contributed by atoms with Crippen LogP contribution in [0, 0.1) is 5.92 Å². The monoisotopic (exact) mass is 365 g/mol. The minimum atomic E-state index is -0.121. The normalized spacial score (nSPS) is 23.4. The summed E-state index contributed by atoms with van der Waals surface area (Å²) < 4.78 is 5.63. The van der Waals surface area contributed by atoms with E-state index in [-0.39, 0.29) is 12.1 Å². The number of rotatable bonds is 5. The highest BCUT2D eigenvalue weighted by molar-refractivity contribution is 6.32. The van der Waals surface area contributed by atoms with Gasteiger partial charge < -0.3 is 20.3 Å². The fraction of sp³-hybridized carbons (Fsp3) is 0.632. The van der Waals surface area contributed by atoms with Gasteiger partial charge in [-0.3, -0.25) is 0 Å². The maximum absolute atomic E-state index is 12.2. The molecule has 0 unspecified atom stereocenters. The number of piperidine rings is 1. The van der Waals surface area contributed by atoms with Gasteiger partial charge in [-0.15, -0.1) is 0 Å². The predicted molar refractivity (Wildman–Crippen MR) is 100 cm³/mol. The molecular weight excluding hydrogens is 338 g/mol. The second-order valence-electron chi connectivity index (χ2n) is 7.15. The Bertz CT molecular complexity index is 596. The van der Waals surface area contributed by atoms with Crippen molar-refractivity contribution < 1.29 is 9.53 Å². The molecule has 3 rings (SSSR count). The standard InChI is InChI=1S/C19H28ClN3O2/c1-14-5-3-10-23(13-14)11-4-9-21-19(24)22-17-8-12-25-18-15(17)6-2-7-16(18)20/h2,6-7,14,17H,3-5,8-13H2,1H3,(H2,21,22,24)/t14-,17-/m1/s1. The zero-order chi connectivity index (χ0) is 17.6. The molecule has 6 heteroatoms. The van der Waals surface area contributed by atoms with Crippen molar-refractivity contribution in [1.82, 2.24) is 15.5 Å². The lowest BCUT2D eigenvalue weighted by Crippen LogP contribution is -2.41. The van der Waals surface area contributed by atoms with Crippen LogP contribution in [0.15, 0.2) is 18.2 Å². The number of carbonyl (C=O) groups is 1. The van der Waals surface area contributed by atoms with E-state index in [1.165, 1.54) is 25.9 Å². The number of hydrogen-bond acceptors (Lipinski definition) is 3. The molecule has 2 aliphatic rings. The molecular formula is C19H28ClN3O2. The Morgan fingerprint density at radius 3 is 3.12 bits per heavy atom. The molecule has 0 aliphatic carbocycles. The van der Waals surface area contributed by atoms with E-state index in [1.54, 1.807) is 0 Å². The number of carbonyl (C=O) groups excluding carboxylic acids is 1. The molecule has 1 saturated heterocycles. The third-order valence-corrected chi connectivity index (χ3v) is 5.31. The van der Waals surface area contributed by atoms with E-state index in [2.05, 4.69) is 22.5 Å². The van der Waals surface area contributed by atoms with E-state index in [0.717, 1.165) is 30.9 Å².